The maximum absolute atomic E-state index is 12.9. The maximum Gasteiger partial charge on any atom is 0.312 e. The van der Waals surface area contributed by atoms with Crippen LogP contribution in [0.25, 0.3) is 11.5 Å². The minimum atomic E-state index is -0.685. The standard InChI is InChI=1S/C20H21ClN2O4/c21-15-3-1-14(2-4-15)17-23-22-16(27-17)10-26-18(24)19-6-12-5-13(7-19)9-20(25,8-12)11-19/h1-4,12-13,25H,5-11H2/t12-,13+,19?,20?. The van der Waals surface area contributed by atoms with Crippen molar-refractivity contribution in [2.75, 3.05) is 0 Å². The molecule has 2 unspecified atom stereocenters. The zero-order chi connectivity index (χ0) is 18.6. The van der Waals surface area contributed by atoms with Crippen molar-refractivity contribution in [1.29, 1.82) is 0 Å². The van der Waals surface area contributed by atoms with E-state index < -0.39 is 11.0 Å². The summed E-state index contributed by atoms with van der Waals surface area (Å²) in [5, 5.41) is 19.4. The molecule has 0 aliphatic heterocycles. The lowest BCUT2D eigenvalue weighted by molar-refractivity contribution is -0.197. The molecule has 1 aromatic heterocycles. The second kappa shape index (κ2) is 6.04. The molecular formula is C20H21ClN2O4. The van der Waals surface area contributed by atoms with Crippen molar-refractivity contribution in [3.05, 3.63) is 35.2 Å². The highest BCUT2D eigenvalue weighted by Gasteiger charge is 2.60. The molecule has 7 heteroatoms. The summed E-state index contributed by atoms with van der Waals surface area (Å²) < 4.78 is 11.2. The van der Waals surface area contributed by atoms with Crippen molar-refractivity contribution < 1.29 is 19.1 Å². The quantitative estimate of drug-likeness (QED) is 0.802. The molecule has 0 saturated heterocycles. The Morgan fingerprint density at radius 3 is 2.56 bits per heavy atom. The highest BCUT2D eigenvalue weighted by molar-refractivity contribution is 6.30. The fourth-order valence-electron chi connectivity index (χ4n) is 5.75. The van der Waals surface area contributed by atoms with E-state index in [0.29, 0.717) is 29.2 Å². The second-order valence-electron chi connectivity index (χ2n) is 8.55. The first-order chi connectivity index (χ1) is 12.9. The molecule has 1 heterocycles. The van der Waals surface area contributed by atoms with E-state index in [9.17, 15) is 9.90 Å². The average molecular weight is 389 g/mol. The summed E-state index contributed by atoms with van der Waals surface area (Å²) >= 11 is 5.89. The lowest BCUT2D eigenvalue weighted by atomic mass is 9.48. The molecule has 1 aromatic carbocycles. The van der Waals surface area contributed by atoms with Gasteiger partial charge in [0, 0.05) is 10.6 Å². The van der Waals surface area contributed by atoms with E-state index in [1.54, 1.807) is 24.3 Å². The summed E-state index contributed by atoms with van der Waals surface area (Å²) in [6.45, 7) is -0.0467. The van der Waals surface area contributed by atoms with Crippen LogP contribution in [0.4, 0.5) is 0 Å². The van der Waals surface area contributed by atoms with E-state index in [2.05, 4.69) is 10.2 Å². The molecule has 4 aliphatic rings. The number of aromatic nitrogens is 2. The summed E-state index contributed by atoms with van der Waals surface area (Å²) in [4.78, 5) is 12.9. The highest BCUT2D eigenvalue weighted by atomic mass is 35.5. The fraction of sp³-hybridized carbons (Fsp3) is 0.550. The molecular weight excluding hydrogens is 368 g/mol. The number of benzene rings is 1. The first-order valence-corrected chi connectivity index (χ1v) is 9.79. The van der Waals surface area contributed by atoms with Crippen LogP contribution in [0.5, 0.6) is 0 Å². The van der Waals surface area contributed by atoms with Crippen molar-refractivity contribution in [3.63, 3.8) is 0 Å². The summed E-state index contributed by atoms with van der Waals surface area (Å²) in [6.07, 6.45) is 4.95. The van der Waals surface area contributed by atoms with Crippen LogP contribution in [0.2, 0.25) is 5.02 Å². The largest absolute Gasteiger partial charge is 0.455 e. The number of hydrogen-bond donors (Lipinski definition) is 1. The van der Waals surface area contributed by atoms with E-state index in [4.69, 9.17) is 20.8 Å². The summed E-state index contributed by atoms with van der Waals surface area (Å²) in [5.74, 6) is 1.26. The lowest BCUT2D eigenvalue weighted by Crippen LogP contribution is -2.58. The Bertz CT molecular complexity index is 864. The smallest absolute Gasteiger partial charge is 0.312 e. The van der Waals surface area contributed by atoms with E-state index in [1.165, 1.54) is 0 Å². The topological polar surface area (TPSA) is 85.5 Å². The molecule has 27 heavy (non-hydrogen) atoms. The Labute approximate surface area is 161 Å². The molecule has 6 rings (SSSR count). The molecule has 0 spiro atoms. The number of hydrogen-bond acceptors (Lipinski definition) is 6. The van der Waals surface area contributed by atoms with Crippen LogP contribution in [-0.2, 0) is 16.1 Å². The molecule has 6 nitrogen and oxygen atoms in total. The lowest BCUT2D eigenvalue weighted by Gasteiger charge is -2.58. The Morgan fingerprint density at radius 1 is 1.19 bits per heavy atom. The van der Waals surface area contributed by atoms with Gasteiger partial charge in [-0.1, -0.05) is 11.6 Å². The van der Waals surface area contributed by atoms with E-state index >= 15 is 0 Å². The summed E-state index contributed by atoms with van der Waals surface area (Å²) in [5.41, 5.74) is -0.472. The first-order valence-electron chi connectivity index (χ1n) is 9.41. The van der Waals surface area contributed by atoms with Gasteiger partial charge >= 0.3 is 5.97 Å². The van der Waals surface area contributed by atoms with Gasteiger partial charge < -0.3 is 14.3 Å². The highest BCUT2D eigenvalue weighted by Crippen LogP contribution is 2.62. The number of aliphatic hydroxyl groups is 1. The molecule has 4 bridgehead atoms. The third-order valence-corrected chi connectivity index (χ3v) is 6.60. The second-order valence-corrected chi connectivity index (χ2v) is 8.99. The van der Waals surface area contributed by atoms with Crippen molar-refractivity contribution in [2.24, 2.45) is 17.3 Å². The summed E-state index contributed by atoms with van der Waals surface area (Å²) in [7, 11) is 0. The third-order valence-electron chi connectivity index (χ3n) is 6.35. The van der Waals surface area contributed by atoms with E-state index in [0.717, 1.165) is 37.7 Å². The van der Waals surface area contributed by atoms with E-state index in [1.807, 2.05) is 0 Å². The zero-order valence-corrected chi connectivity index (χ0v) is 15.6. The predicted molar refractivity (Wildman–Crippen MR) is 96.6 cm³/mol. The number of ether oxygens (including phenoxy) is 1. The molecule has 1 N–H and O–H groups in total. The Morgan fingerprint density at radius 2 is 1.89 bits per heavy atom. The van der Waals surface area contributed by atoms with Gasteiger partial charge in [0.2, 0.25) is 5.89 Å². The van der Waals surface area contributed by atoms with Crippen molar-refractivity contribution >= 4 is 17.6 Å². The molecule has 4 fully saturated rings. The van der Waals surface area contributed by atoms with Crippen LogP contribution in [0, 0.1) is 17.3 Å². The Kier molecular flexibility index (Phi) is 3.85. The van der Waals surface area contributed by atoms with Gasteiger partial charge in [-0.2, -0.15) is 0 Å². The van der Waals surface area contributed by atoms with Crippen molar-refractivity contribution in [3.8, 4) is 11.5 Å². The maximum atomic E-state index is 12.9. The summed E-state index contributed by atoms with van der Waals surface area (Å²) in [6, 6.07) is 7.08. The molecule has 142 valence electrons. The first kappa shape index (κ1) is 17.2. The SMILES string of the molecule is O=C(OCc1nnc(-c2ccc(Cl)cc2)o1)C12C[C@@H]3C[C@@H](CC(O)(C3)C1)C2. The van der Waals surface area contributed by atoms with Gasteiger partial charge in [0.15, 0.2) is 6.61 Å². The Balaban J connectivity index is 1.27. The fourth-order valence-corrected chi connectivity index (χ4v) is 5.88. The van der Waals surface area contributed by atoms with Crippen LogP contribution < -0.4 is 0 Å². The molecule has 4 saturated carbocycles. The van der Waals surface area contributed by atoms with Crippen molar-refractivity contribution in [1.82, 2.24) is 10.2 Å². The zero-order valence-electron chi connectivity index (χ0n) is 14.9. The number of rotatable bonds is 4. The third kappa shape index (κ3) is 3.05. The Hall–Kier alpha value is -1.92. The molecule has 2 aromatic rings. The van der Waals surface area contributed by atoms with Crippen LogP contribution >= 0.6 is 11.6 Å². The van der Waals surface area contributed by atoms with Crippen LogP contribution in [0.1, 0.15) is 44.4 Å². The normalized spacial score (nSPS) is 34.0. The van der Waals surface area contributed by atoms with Crippen molar-refractivity contribution in [2.45, 2.75) is 50.7 Å². The number of esters is 1. The minimum Gasteiger partial charge on any atom is -0.455 e. The van der Waals surface area contributed by atoms with Gasteiger partial charge in [-0.3, -0.25) is 4.79 Å². The van der Waals surface area contributed by atoms with Crippen LogP contribution in [-0.4, -0.2) is 26.9 Å². The van der Waals surface area contributed by atoms with Gasteiger partial charge in [0.25, 0.3) is 5.89 Å². The molecule has 0 amide bonds. The number of nitrogens with zero attached hydrogens (tertiary/aromatic N) is 2. The molecule has 0 radical (unpaired) electrons. The number of halogens is 1. The predicted octanol–water partition coefficient (Wildman–Crippen LogP) is 3.76. The molecule has 4 atom stereocenters. The van der Waals surface area contributed by atoms with Gasteiger partial charge in [-0.15, -0.1) is 10.2 Å². The number of carbonyl (C=O) groups is 1. The number of carbonyl (C=O) groups excluding carboxylic acids is 1. The molecule has 4 aliphatic carbocycles. The van der Waals surface area contributed by atoms with Gasteiger partial charge in [0.05, 0.1) is 11.0 Å². The van der Waals surface area contributed by atoms with Crippen LogP contribution in [0.15, 0.2) is 28.7 Å². The van der Waals surface area contributed by atoms with Gasteiger partial charge in [-0.05, 0) is 74.6 Å². The van der Waals surface area contributed by atoms with Gasteiger partial charge in [0.1, 0.15) is 0 Å². The monoisotopic (exact) mass is 388 g/mol. The van der Waals surface area contributed by atoms with Gasteiger partial charge in [-0.25, -0.2) is 0 Å². The van der Waals surface area contributed by atoms with E-state index in [-0.39, 0.29) is 18.5 Å². The minimum absolute atomic E-state index is 0.0467. The van der Waals surface area contributed by atoms with Crippen LogP contribution in [0.3, 0.4) is 0 Å². The average Bonchev–Trinajstić information content (AvgIpc) is 3.07.